The first-order valence-corrected chi connectivity index (χ1v) is 6.81. The summed E-state index contributed by atoms with van der Waals surface area (Å²) in [4.78, 5) is 16.8. The molecule has 1 aliphatic rings. The van der Waals surface area contributed by atoms with Crippen LogP contribution in [0.2, 0.25) is 0 Å². The van der Waals surface area contributed by atoms with Gasteiger partial charge in [-0.3, -0.25) is 9.69 Å². The molecule has 5 nitrogen and oxygen atoms in total. The van der Waals surface area contributed by atoms with Crippen LogP contribution >= 0.6 is 0 Å². The Bertz CT molecular complexity index is 405. The fraction of sp³-hybridized carbons (Fsp3) is 0.643. The third-order valence-electron chi connectivity index (χ3n) is 3.84. The van der Waals surface area contributed by atoms with E-state index >= 15 is 0 Å². The van der Waals surface area contributed by atoms with Gasteiger partial charge in [-0.1, -0.05) is 0 Å². The minimum atomic E-state index is -0.0927. The van der Waals surface area contributed by atoms with E-state index in [-0.39, 0.29) is 18.0 Å². The molecule has 2 atom stereocenters. The SMILES string of the molecule is CNCC1C(=O)N(Cc2ccco2)C(C)CCN1C. The van der Waals surface area contributed by atoms with E-state index in [0.717, 1.165) is 18.7 Å². The number of amides is 1. The van der Waals surface area contributed by atoms with Crippen molar-refractivity contribution < 1.29 is 9.21 Å². The van der Waals surface area contributed by atoms with Crippen molar-refractivity contribution in [3.8, 4) is 0 Å². The molecule has 19 heavy (non-hydrogen) atoms. The molecule has 2 heterocycles. The fourth-order valence-corrected chi connectivity index (χ4v) is 2.54. The molecule has 1 N–H and O–H groups in total. The van der Waals surface area contributed by atoms with Crippen molar-refractivity contribution in [2.45, 2.75) is 32.0 Å². The summed E-state index contributed by atoms with van der Waals surface area (Å²) in [6.07, 6.45) is 2.64. The van der Waals surface area contributed by atoms with E-state index in [1.165, 1.54) is 0 Å². The van der Waals surface area contributed by atoms with Gasteiger partial charge in [0.1, 0.15) is 11.8 Å². The van der Waals surface area contributed by atoms with Crippen molar-refractivity contribution >= 4 is 5.91 Å². The lowest BCUT2D eigenvalue weighted by molar-refractivity contribution is -0.137. The highest BCUT2D eigenvalue weighted by molar-refractivity contribution is 5.82. The molecule has 2 unspecified atom stereocenters. The van der Waals surface area contributed by atoms with Crippen LogP contribution < -0.4 is 5.32 Å². The summed E-state index contributed by atoms with van der Waals surface area (Å²) >= 11 is 0. The van der Waals surface area contributed by atoms with Crippen molar-refractivity contribution in [2.24, 2.45) is 0 Å². The van der Waals surface area contributed by atoms with Gasteiger partial charge in [0.15, 0.2) is 0 Å². The first-order valence-electron chi connectivity index (χ1n) is 6.81. The van der Waals surface area contributed by atoms with Crippen molar-refractivity contribution in [3.63, 3.8) is 0 Å². The average molecular weight is 265 g/mol. The third-order valence-corrected chi connectivity index (χ3v) is 3.84. The quantitative estimate of drug-likeness (QED) is 0.879. The van der Waals surface area contributed by atoms with E-state index in [1.54, 1.807) is 6.26 Å². The molecule has 1 fully saturated rings. The lowest BCUT2D eigenvalue weighted by Crippen LogP contribution is -2.50. The summed E-state index contributed by atoms with van der Waals surface area (Å²) in [5.74, 6) is 1.02. The summed E-state index contributed by atoms with van der Waals surface area (Å²) in [5, 5.41) is 3.11. The normalized spacial score (nSPS) is 25.6. The molecule has 1 aromatic rings. The van der Waals surface area contributed by atoms with E-state index < -0.39 is 0 Å². The van der Waals surface area contributed by atoms with Crippen LogP contribution in [0, 0.1) is 0 Å². The highest BCUT2D eigenvalue weighted by Crippen LogP contribution is 2.18. The smallest absolute Gasteiger partial charge is 0.241 e. The van der Waals surface area contributed by atoms with Gasteiger partial charge in [-0.25, -0.2) is 0 Å². The number of furan rings is 1. The third kappa shape index (κ3) is 3.16. The van der Waals surface area contributed by atoms with E-state index in [4.69, 9.17) is 4.42 Å². The number of hydrogen-bond donors (Lipinski definition) is 1. The molecule has 1 aliphatic heterocycles. The molecule has 106 valence electrons. The van der Waals surface area contributed by atoms with Crippen molar-refractivity contribution in [3.05, 3.63) is 24.2 Å². The van der Waals surface area contributed by atoms with E-state index in [1.807, 2.05) is 31.1 Å². The van der Waals surface area contributed by atoms with Crippen LogP contribution in [0.15, 0.2) is 22.8 Å². The predicted molar refractivity (Wildman–Crippen MR) is 73.7 cm³/mol. The number of carbonyl (C=O) groups excluding carboxylic acids is 1. The largest absolute Gasteiger partial charge is 0.467 e. The van der Waals surface area contributed by atoms with Crippen molar-refractivity contribution in [2.75, 3.05) is 27.2 Å². The van der Waals surface area contributed by atoms with Gasteiger partial charge in [-0.15, -0.1) is 0 Å². The second-order valence-corrected chi connectivity index (χ2v) is 5.24. The Hall–Kier alpha value is -1.33. The van der Waals surface area contributed by atoms with Gasteiger partial charge in [-0.05, 0) is 39.6 Å². The van der Waals surface area contributed by atoms with E-state index in [9.17, 15) is 4.79 Å². The zero-order valence-electron chi connectivity index (χ0n) is 11.9. The Balaban J connectivity index is 2.16. The maximum atomic E-state index is 12.7. The summed E-state index contributed by atoms with van der Waals surface area (Å²) in [7, 11) is 3.90. The standard InChI is InChI=1S/C14H23N3O2/c1-11-6-7-16(3)13(9-15-2)14(18)17(11)10-12-5-4-8-19-12/h4-5,8,11,13,15H,6-7,9-10H2,1-3H3. The monoisotopic (exact) mass is 265 g/mol. The van der Waals surface area contributed by atoms with Crippen LogP contribution in [0.3, 0.4) is 0 Å². The molecule has 1 aromatic heterocycles. The van der Waals surface area contributed by atoms with Crippen molar-refractivity contribution in [1.82, 2.24) is 15.1 Å². The predicted octanol–water partition coefficient (Wildman–Crippen LogP) is 0.920. The number of hydrogen-bond acceptors (Lipinski definition) is 4. The number of nitrogens with zero attached hydrogens (tertiary/aromatic N) is 2. The minimum absolute atomic E-state index is 0.0927. The van der Waals surface area contributed by atoms with Gasteiger partial charge < -0.3 is 14.6 Å². The first kappa shape index (κ1) is 14.1. The zero-order chi connectivity index (χ0) is 13.8. The number of likely N-dealkylation sites (N-methyl/N-ethyl adjacent to an activating group) is 2. The van der Waals surface area contributed by atoms with Crippen LogP contribution in [0.4, 0.5) is 0 Å². The molecule has 1 amide bonds. The second kappa shape index (κ2) is 6.21. The van der Waals surface area contributed by atoms with Crippen molar-refractivity contribution in [1.29, 1.82) is 0 Å². The molecule has 0 bridgehead atoms. The topological polar surface area (TPSA) is 48.7 Å². The molecule has 0 aliphatic carbocycles. The molecule has 5 heteroatoms. The van der Waals surface area contributed by atoms with Crippen LogP contribution in [0.5, 0.6) is 0 Å². The Morgan fingerprint density at radius 1 is 1.53 bits per heavy atom. The Kier molecular flexibility index (Phi) is 4.61. The van der Waals surface area contributed by atoms with Gasteiger partial charge in [0, 0.05) is 19.1 Å². The molecule has 0 radical (unpaired) electrons. The summed E-state index contributed by atoms with van der Waals surface area (Å²) in [5.41, 5.74) is 0. The maximum Gasteiger partial charge on any atom is 0.241 e. The van der Waals surface area contributed by atoms with Crippen LogP contribution in [-0.2, 0) is 11.3 Å². The Morgan fingerprint density at radius 3 is 2.95 bits per heavy atom. The first-order chi connectivity index (χ1) is 9.13. The number of nitrogens with one attached hydrogen (secondary N) is 1. The number of rotatable bonds is 4. The molecule has 2 rings (SSSR count). The minimum Gasteiger partial charge on any atom is -0.467 e. The highest BCUT2D eigenvalue weighted by atomic mass is 16.3. The fourth-order valence-electron chi connectivity index (χ4n) is 2.54. The van der Waals surface area contributed by atoms with Gasteiger partial charge in [0.2, 0.25) is 5.91 Å². The Labute approximate surface area is 114 Å². The summed E-state index contributed by atoms with van der Waals surface area (Å²) in [6.45, 7) is 4.28. The average Bonchev–Trinajstić information content (AvgIpc) is 2.88. The van der Waals surface area contributed by atoms with E-state index in [0.29, 0.717) is 13.1 Å². The van der Waals surface area contributed by atoms with Crippen LogP contribution in [0.25, 0.3) is 0 Å². The second-order valence-electron chi connectivity index (χ2n) is 5.24. The molecule has 0 saturated carbocycles. The zero-order valence-corrected chi connectivity index (χ0v) is 11.9. The van der Waals surface area contributed by atoms with Crippen LogP contribution in [-0.4, -0.2) is 55.0 Å². The molecule has 1 saturated heterocycles. The summed E-state index contributed by atoms with van der Waals surface area (Å²) < 4.78 is 5.37. The van der Waals surface area contributed by atoms with E-state index in [2.05, 4.69) is 17.1 Å². The Morgan fingerprint density at radius 2 is 2.32 bits per heavy atom. The van der Waals surface area contributed by atoms with Crippen LogP contribution in [0.1, 0.15) is 19.1 Å². The number of carbonyl (C=O) groups is 1. The van der Waals surface area contributed by atoms with Gasteiger partial charge in [0.25, 0.3) is 0 Å². The maximum absolute atomic E-state index is 12.7. The highest BCUT2D eigenvalue weighted by Gasteiger charge is 2.33. The van der Waals surface area contributed by atoms with Gasteiger partial charge in [0.05, 0.1) is 12.8 Å². The molecule has 0 aromatic carbocycles. The van der Waals surface area contributed by atoms with Gasteiger partial charge in [-0.2, -0.15) is 0 Å². The molecular weight excluding hydrogens is 242 g/mol. The lowest BCUT2D eigenvalue weighted by atomic mass is 10.2. The summed E-state index contributed by atoms with van der Waals surface area (Å²) in [6, 6.07) is 3.92. The lowest BCUT2D eigenvalue weighted by Gasteiger charge is -2.30. The molecular formula is C14H23N3O2. The van der Waals surface area contributed by atoms with Gasteiger partial charge >= 0.3 is 0 Å². The molecule has 0 spiro atoms.